The van der Waals surface area contributed by atoms with Crippen molar-refractivity contribution in [2.75, 3.05) is 28.0 Å². The summed E-state index contributed by atoms with van der Waals surface area (Å²) in [6, 6.07) is 17.1. The van der Waals surface area contributed by atoms with E-state index in [4.69, 9.17) is 4.74 Å². The van der Waals surface area contributed by atoms with Gasteiger partial charge in [-0.3, -0.25) is 9.10 Å². The summed E-state index contributed by atoms with van der Waals surface area (Å²) in [6.45, 7) is 1.04. The summed E-state index contributed by atoms with van der Waals surface area (Å²) in [6.07, 6.45) is 1.42. The smallest absolute Gasteiger partial charge is 0.264 e. The molecule has 4 aromatic rings. The Hall–Kier alpha value is -4.56. The van der Waals surface area contributed by atoms with Crippen molar-refractivity contribution < 1.29 is 30.8 Å². The first-order chi connectivity index (χ1) is 19.0. The predicted octanol–water partition coefficient (Wildman–Crippen LogP) is 3.57. The predicted molar refractivity (Wildman–Crippen MR) is 147 cm³/mol. The Balaban J connectivity index is 1.53. The van der Waals surface area contributed by atoms with Crippen LogP contribution in [0.5, 0.6) is 5.75 Å². The minimum Gasteiger partial charge on any atom is -0.497 e. The number of anilines is 3. The fraction of sp³-hybridized carbons (Fsp3) is 0.115. The highest BCUT2D eigenvalue weighted by atomic mass is 32.2. The zero-order valence-corrected chi connectivity index (χ0v) is 22.9. The molecule has 1 amide bonds. The molecule has 0 radical (unpaired) electrons. The van der Waals surface area contributed by atoms with Crippen molar-refractivity contribution in [1.29, 1.82) is 0 Å². The van der Waals surface area contributed by atoms with Gasteiger partial charge in [0.2, 0.25) is 11.9 Å². The fourth-order valence-corrected chi connectivity index (χ4v) is 5.89. The number of hydrogen-bond donors (Lipinski definition) is 2. The van der Waals surface area contributed by atoms with Crippen molar-refractivity contribution in [1.82, 2.24) is 9.97 Å². The van der Waals surface area contributed by atoms with Gasteiger partial charge in [0.25, 0.3) is 20.0 Å². The molecular formula is C26H24FN5O6S2. The van der Waals surface area contributed by atoms with E-state index in [-0.39, 0.29) is 27.1 Å². The lowest BCUT2D eigenvalue weighted by Crippen LogP contribution is -2.38. The van der Waals surface area contributed by atoms with Gasteiger partial charge < -0.3 is 10.1 Å². The first-order valence-electron chi connectivity index (χ1n) is 11.6. The summed E-state index contributed by atoms with van der Waals surface area (Å²) in [5.74, 6) is -0.940. The molecule has 0 fully saturated rings. The third-order valence-electron chi connectivity index (χ3n) is 5.52. The Labute approximate surface area is 230 Å². The number of halogens is 1. The van der Waals surface area contributed by atoms with E-state index in [0.717, 1.165) is 16.4 Å². The molecular weight excluding hydrogens is 561 g/mol. The van der Waals surface area contributed by atoms with Crippen molar-refractivity contribution >= 4 is 43.3 Å². The van der Waals surface area contributed by atoms with Gasteiger partial charge in [0.05, 0.1) is 22.6 Å². The van der Waals surface area contributed by atoms with Gasteiger partial charge in [-0.05, 0) is 85.8 Å². The summed E-state index contributed by atoms with van der Waals surface area (Å²) in [5, 5.41) is 2.55. The number of carbonyl (C=O) groups excluding carboxylic acids is 1. The van der Waals surface area contributed by atoms with Crippen LogP contribution in [0.2, 0.25) is 0 Å². The maximum Gasteiger partial charge on any atom is 0.264 e. The third-order valence-corrected chi connectivity index (χ3v) is 8.65. The third kappa shape index (κ3) is 6.71. The van der Waals surface area contributed by atoms with Gasteiger partial charge in [0.15, 0.2) is 0 Å². The van der Waals surface area contributed by atoms with Crippen LogP contribution in [0.1, 0.15) is 5.69 Å². The van der Waals surface area contributed by atoms with Crippen LogP contribution in [-0.2, 0) is 24.8 Å². The highest BCUT2D eigenvalue weighted by Crippen LogP contribution is 2.26. The number of methoxy groups -OCH3 is 1. The summed E-state index contributed by atoms with van der Waals surface area (Å²) in [7, 11) is -6.81. The summed E-state index contributed by atoms with van der Waals surface area (Å²) in [4.78, 5) is 20.6. The Bertz CT molecular complexity index is 1720. The van der Waals surface area contributed by atoms with E-state index in [1.54, 1.807) is 13.0 Å². The minimum atomic E-state index is -4.24. The lowest BCUT2D eigenvalue weighted by Gasteiger charge is -2.24. The number of sulfonamides is 2. The number of hydrogen-bond acceptors (Lipinski definition) is 8. The lowest BCUT2D eigenvalue weighted by atomic mass is 10.3. The number of amides is 1. The van der Waals surface area contributed by atoms with E-state index in [2.05, 4.69) is 20.0 Å². The molecule has 0 aliphatic heterocycles. The molecule has 0 bridgehead atoms. The van der Waals surface area contributed by atoms with Crippen LogP contribution in [0.3, 0.4) is 0 Å². The maximum absolute atomic E-state index is 13.5. The van der Waals surface area contributed by atoms with E-state index in [0.29, 0.717) is 11.4 Å². The molecule has 0 atom stereocenters. The van der Waals surface area contributed by atoms with Crippen LogP contribution >= 0.6 is 0 Å². The van der Waals surface area contributed by atoms with Gasteiger partial charge in [0.1, 0.15) is 18.1 Å². The molecule has 14 heteroatoms. The second-order valence-corrected chi connectivity index (χ2v) is 11.9. The molecule has 2 N–H and O–H groups in total. The Morgan fingerprint density at radius 3 is 2.12 bits per heavy atom. The molecule has 0 spiro atoms. The quantitative estimate of drug-likeness (QED) is 0.287. The van der Waals surface area contributed by atoms with Crippen molar-refractivity contribution in [3.63, 3.8) is 0 Å². The van der Waals surface area contributed by atoms with Gasteiger partial charge in [-0.2, -0.15) is 0 Å². The molecule has 11 nitrogen and oxygen atoms in total. The second kappa shape index (κ2) is 11.7. The van der Waals surface area contributed by atoms with Crippen molar-refractivity contribution in [2.45, 2.75) is 16.7 Å². The number of nitrogens with zero attached hydrogens (tertiary/aromatic N) is 3. The van der Waals surface area contributed by atoms with E-state index in [9.17, 15) is 26.0 Å². The number of rotatable bonds is 10. The van der Waals surface area contributed by atoms with E-state index < -0.39 is 38.3 Å². The molecule has 0 aliphatic rings. The highest BCUT2D eigenvalue weighted by molar-refractivity contribution is 7.93. The van der Waals surface area contributed by atoms with Crippen molar-refractivity contribution in [2.24, 2.45) is 0 Å². The summed E-state index contributed by atoms with van der Waals surface area (Å²) in [5.41, 5.74) is 0.865. The molecule has 40 heavy (non-hydrogen) atoms. The molecule has 0 aliphatic carbocycles. The van der Waals surface area contributed by atoms with Gasteiger partial charge in [0, 0.05) is 17.6 Å². The molecule has 4 rings (SSSR count). The molecule has 1 heterocycles. The summed E-state index contributed by atoms with van der Waals surface area (Å²) >= 11 is 0. The van der Waals surface area contributed by atoms with Gasteiger partial charge in [-0.1, -0.05) is 0 Å². The Kier molecular flexibility index (Phi) is 8.30. The van der Waals surface area contributed by atoms with E-state index >= 15 is 0 Å². The zero-order chi connectivity index (χ0) is 28.9. The minimum absolute atomic E-state index is 0.0678. The number of aromatic nitrogens is 2. The molecule has 0 saturated heterocycles. The molecule has 0 unspecified atom stereocenters. The van der Waals surface area contributed by atoms with E-state index in [1.165, 1.54) is 74.0 Å². The molecule has 208 valence electrons. The number of nitrogens with one attached hydrogen (secondary N) is 2. The molecule has 3 aromatic carbocycles. The van der Waals surface area contributed by atoms with Crippen molar-refractivity contribution in [3.05, 3.63) is 96.6 Å². The number of benzene rings is 3. The Morgan fingerprint density at radius 1 is 0.900 bits per heavy atom. The first-order valence-corrected chi connectivity index (χ1v) is 14.5. The van der Waals surface area contributed by atoms with Gasteiger partial charge in [-0.15, -0.1) is 0 Å². The Morgan fingerprint density at radius 2 is 1.52 bits per heavy atom. The van der Waals surface area contributed by atoms with Crippen LogP contribution in [0, 0.1) is 12.7 Å². The average Bonchev–Trinajstić information content (AvgIpc) is 2.92. The summed E-state index contributed by atoms with van der Waals surface area (Å²) < 4.78 is 74.0. The van der Waals surface area contributed by atoms with Gasteiger partial charge in [-0.25, -0.2) is 35.9 Å². The van der Waals surface area contributed by atoms with Crippen LogP contribution in [0.25, 0.3) is 0 Å². The second-order valence-electron chi connectivity index (χ2n) is 8.36. The molecule has 0 saturated carbocycles. The van der Waals surface area contributed by atoms with Crippen LogP contribution < -0.4 is 19.1 Å². The van der Waals surface area contributed by atoms with Crippen LogP contribution in [0.4, 0.5) is 21.7 Å². The molecule has 1 aromatic heterocycles. The van der Waals surface area contributed by atoms with E-state index in [1.807, 2.05) is 0 Å². The SMILES string of the molecule is COc1ccc(S(=O)(=O)N(CC(=O)Nc2ccc(S(=O)(=O)Nc3nccc(C)n3)cc2)c2ccc(F)cc2)cc1. The first kappa shape index (κ1) is 28.4. The average molecular weight is 586 g/mol. The topological polar surface area (TPSA) is 148 Å². The largest absolute Gasteiger partial charge is 0.497 e. The van der Waals surface area contributed by atoms with Gasteiger partial charge >= 0.3 is 0 Å². The maximum atomic E-state index is 13.5. The number of aryl methyl sites for hydroxylation is 1. The van der Waals surface area contributed by atoms with Crippen LogP contribution in [0.15, 0.2) is 94.9 Å². The fourth-order valence-electron chi connectivity index (χ4n) is 3.52. The monoisotopic (exact) mass is 585 g/mol. The zero-order valence-electron chi connectivity index (χ0n) is 21.3. The van der Waals surface area contributed by atoms with Crippen molar-refractivity contribution in [3.8, 4) is 5.75 Å². The standard InChI is InChI=1S/C26H24FN5O6S2/c1-18-15-16-28-26(29-18)31-39(34,35)23-11-5-20(6-12-23)30-25(33)17-32(21-7-3-19(27)4-8-21)40(36,37)24-13-9-22(38-2)10-14-24/h3-16H,17H2,1-2H3,(H,30,33)(H,28,29,31). The highest BCUT2D eigenvalue weighted by Gasteiger charge is 2.27. The van der Waals surface area contributed by atoms with Crippen LogP contribution in [-0.4, -0.2) is 46.4 Å². The normalized spacial score (nSPS) is 11.5. The number of ether oxygens (including phenoxy) is 1. The number of carbonyl (C=O) groups is 1. The lowest BCUT2D eigenvalue weighted by molar-refractivity contribution is -0.114.